The summed E-state index contributed by atoms with van der Waals surface area (Å²) in [6, 6.07) is 13.5. The zero-order chi connectivity index (χ0) is 24.6. The molecule has 0 bridgehead atoms. The fraction of sp³-hybridized carbons (Fsp3) is 0.393. The standard InChI is InChI=1S/C28H28ClN3O3S/c29-21-8-9-22(30-27(21)31-11-3-14-35-15-13-31)28(34)32-12-10-19-17-25(24(33)16-18-6-7-18)36-26(19)20-4-1-2-5-23(20)32/h1-2,4-5,8-9,17-18H,3,6-7,10-16H2. The zero-order valence-electron chi connectivity index (χ0n) is 20.0. The number of amides is 1. The number of para-hydroxylation sites is 1. The first-order chi connectivity index (χ1) is 17.6. The Morgan fingerprint density at radius 1 is 1.08 bits per heavy atom. The topological polar surface area (TPSA) is 62.7 Å². The van der Waals surface area contributed by atoms with E-state index in [0.29, 0.717) is 55.0 Å². The van der Waals surface area contributed by atoms with Gasteiger partial charge in [-0.3, -0.25) is 9.59 Å². The Balaban J connectivity index is 1.31. The first kappa shape index (κ1) is 23.6. The van der Waals surface area contributed by atoms with Crippen LogP contribution in [0.1, 0.15) is 51.4 Å². The van der Waals surface area contributed by atoms with Crippen LogP contribution in [0.5, 0.6) is 0 Å². The van der Waals surface area contributed by atoms with Crippen LogP contribution in [0.15, 0.2) is 42.5 Å². The number of anilines is 2. The monoisotopic (exact) mass is 521 g/mol. The summed E-state index contributed by atoms with van der Waals surface area (Å²) in [4.78, 5) is 37.2. The van der Waals surface area contributed by atoms with Crippen LogP contribution in [0.25, 0.3) is 10.4 Å². The highest BCUT2D eigenvalue weighted by Gasteiger charge is 2.30. The molecule has 6 nitrogen and oxygen atoms in total. The van der Waals surface area contributed by atoms with Crippen LogP contribution in [0.4, 0.5) is 11.5 Å². The lowest BCUT2D eigenvalue weighted by Gasteiger charge is -2.25. The maximum Gasteiger partial charge on any atom is 0.276 e. The van der Waals surface area contributed by atoms with Crippen molar-refractivity contribution in [3.05, 3.63) is 63.6 Å². The molecule has 2 fully saturated rings. The molecule has 8 heteroatoms. The van der Waals surface area contributed by atoms with Gasteiger partial charge in [-0.1, -0.05) is 29.8 Å². The zero-order valence-corrected chi connectivity index (χ0v) is 21.6. The quantitative estimate of drug-likeness (QED) is 0.392. The summed E-state index contributed by atoms with van der Waals surface area (Å²) in [7, 11) is 0. The van der Waals surface area contributed by atoms with Crippen LogP contribution in [-0.2, 0) is 11.2 Å². The number of ketones is 1. The molecule has 1 saturated carbocycles. The number of thiophene rings is 1. The minimum atomic E-state index is -0.147. The van der Waals surface area contributed by atoms with Crippen molar-refractivity contribution in [1.29, 1.82) is 0 Å². The summed E-state index contributed by atoms with van der Waals surface area (Å²) >= 11 is 8.07. The normalized spacial score (nSPS) is 17.7. The number of Topliss-reactive ketones (excluding diaryl/α,β-unsaturated/α-hetero) is 1. The molecule has 0 spiro atoms. The smallest absolute Gasteiger partial charge is 0.276 e. The number of pyridine rings is 1. The third-order valence-electron chi connectivity index (χ3n) is 7.11. The van der Waals surface area contributed by atoms with Gasteiger partial charge in [0.2, 0.25) is 0 Å². The minimum absolute atomic E-state index is 0.147. The summed E-state index contributed by atoms with van der Waals surface area (Å²) in [6.45, 7) is 3.34. The Labute approximate surface area is 219 Å². The molecular weight excluding hydrogens is 494 g/mol. The predicted octanol–water partition coefficient (Wildman–Crippen LogP) is 5.88. The summed E-state index contributed by atoms with van der Waals surface area (Å²) < 4.78 is 5.57. The molecule has 0 unspecified atom stereocenters. The van der Waals surface area contributed by atoms with Gasteiger partial charge in [-0.2, -0.15) is 0 Å². The second-order valence-electron chi connectivity index (χ2n) is 9.71. The number of carbonyl (C=O) groups excluding carboxylic acids is 2. The Kier molecular flexibility index (Phi) is 6.54. The van der Waals surface area contributed by atoms with Crippen molar-refractivity contribution in [3.8, 4) is 10.4 Å². The van der Waals surface area contributed by atoms with E-state index < -0.39 is 0 Å². The molecule has 1 aliphatic carbocycles. The Hall–Kier alpha value is -2.74. The summed E-state index contributed by atoms with van der Waals surface area (Å²) in [5.74, 6) is 1.30. The summed E-state index contributed by atoms with van der Waals surface area (Å²) in [6.07, 6.45) is 4.57. The average molecular weight is 522 g/mol. The number of carbonyl (C=O) groups is 2. The number of hydrogen-bond donors (Lipinski definition) is 0. The van der Waals surface area contributed by atoms with Gasteiger partial charge >= 0.3 is 0 Å². The van der Waals surface area contributed by atoms with Crippen molar-refractivity contribution in [2.75, 3.05) is 42.6 Å². The van der Waals surface area contributed by atoms with Crippen LogP contribution in [-0.4, -0.2) is 49.5 Å². The highest BCUT2D eigenvalue weighted by Crippen LogP contribution is 2.43. The Morgan fingerprint density at radius 2 is 1.94 bits per heavy atom. The molecule has 4 heterocycles. The fourth-order valence-electron chi connectivity index (χ4n) is 5.00. The van der Waals surface area contributed by atoms with E-state index in [0.717, 1.165) is 46.1 Å². The van der Waals surface area contributed by atoms with Crippen LogP contribution in [0.3, 0.4) is 0 Å². The average Bonchev–Trinajstić information content (AvgIpc) is 3.68. The van der Waals surface area contributed by atoms with Crippen LogP contribution in [0, 0.1) is 5.92 Å². The van der Waals surface area contributed by atoms with E-state index >= 15 is 0 Å². The largest absolute Gasteiger partial charge is 0.380 e. The predicted molar refractivity (Wildman–Crippen MR) is 144 cm³/mol. The van der Waals surface area contributed by atoms with Crippen molar-refractivity contribution >= 4 is 46.1 Å². The molecule has 1 amide bonds. The molecule has 2 aliphatic heterocycles. The Bertz CT molecular complexity index is 1310. The lowest BCUT2D eigenvalue weighted by atomic mass is 10.1. The number of halogens is 1. The molecule has 36 heavy (non-hydrogen) atoms. The highest BCUT2D eigenvalue weighted by molar-refractivity contribution is 7.17. The number of fused-ring (bicyclic) bond motifs is 3. The van der Waals surface area contributed by atoms with E-state index in [9.17, 15) is 9.59 Å². The molecule has 3 aliphatic rings. The lowest BCUT2D eigenvalue weighted by Crippen LogP contribution is -2.34. The molecule has 6 rings (SSSR count). The van der Waals surface area contributed by atoms with Crippen LogP contribution < -0.4 is 9.80 Å². The van der Waals surface area contributed by atoms with E-state index in [2.05, 4.69) is 11.0 Å². The highest BCUT2D eigenvalue weighted by atomic mass is 35.5. The van der Waals surface area contributed by atoms with Crippen molar-refractivity contribution in [1.82, 2.24) is 4.98 Å². The minimum Gasteiger partial charge on any atom is -0.380 e. The number of ether oxygens (including phenoxy) is 1. The van der Waals surface area contributed by atoms with Crippen molar-refractivity contribution in [2.45, 2.75) is 32.1 Å². The molecule has 1 aromatic carbocycles. The van der Waals surface area contributed by atoms with E-state index in [1.807, 2.05) is 29.2 Å². The SMILES string of the molecule is O=C(CC1CC1)c1cc2c(s1)-c1ccccc1N(C(=O)c1ccc(Cl)c(N3CCCOCC3)n1)CC2. The second kappa shape index (κ2) is 9.96. The van der Waals surface area contributed by atoms with Crippen molar-refractivity contribution < 1.29 is 14.3 Å². The lowest BCUT2D eigenvalue weighted by molar-refractivity contribution is 0.0972. The molecule has 186 valence electrons. The molecule has 3 aromatic rings. The van der Waals surface area contributed by atoms with Crippen molar-refractivity contribution in [3.63, 3.8) is 0 Å². The van der Waals surface area contributed by atoms with Gasteiger partial charge in [-0.25, -0.2) is 4.98 Å². The van der Waals surface area contributed by atoms with Gasteiger partial charge in [-0.15, -0.1) is 11.3 Å². The third kappa shape index (κ3) is 4.67. The van der Waals surface area contributed by atoms with Gasteiger partial charge in [0.05, 0.1) is 22.2 Å². The first-order valence-electron chi connectivity index (χ1n) is 12.6. The first-order valence-corrected chi connectivity index (χ1v) is 13.8. The molecule has 1 saturated heterocycles. The molecule has 0 N–H and O–H groups in total. The van der Waals surface area contributed by atoms with Gasteiger partial charge in [-0.05, 0) is 61.4 Å². The van der Waals surface area contributed by atoms with Crippen LogP contribution in [0.2, 0.25) is 5.02 Å². The fourth-order valence-corrected chi connectivity index (χ4v) is 6.42. The van der Waals surface area contributed by atoms with E-state index in [-0.39, 0.29) is 11.7 Å². The number of nitrogens with zero attached hydrogens (tertiary/aromatic N) is 3. The van der Waals surface area contributed by atoms with E-state index in [1.165, 1.54) is 12.8 Å². The summed E-state index contributed by atoms with van der Waals surface area (Å²) in [5.41, 5.74) is 3.36. The van der Waals surface area contributed by atoms with Gasteiger partial charge in [0.15, 0.2) is 5.78 Å². The maximum atomic E-state index is 13.8. The molecule has 0 atom stereocenters. The van der Waals surface area contributed by atoms with E-state index in [1.54, 1.807) is 23.5 Å². The van der Waals surface area contributed by atoms with Gasteiger partial charge in [0, 0.05) is 43.1 Å². The van der Waals surface area contributed by atoms with Gasteiger partial charge in [0.25, 0.3) is 5.91 Å². The third-order valence-corrected chi connectivity index (χ3v) is 8.66. The number of hydrogen-bond acceptors (Lipinski definition) is 6. The van der Waals surface area contributed by atoms with Crippen LogP contribution >= 0.6 is 22.9 Å². The summed E-state index contributed by atoms with van der Waals surface area (Å²) in [5, 5.41) is 0.537. The number of aromatic nitrogens is 1. The molecule has 2 aromatic heterocycles. The van der Waals surface area contributed by atoms with Crippen molar-refractivity contribution in [2.24, 2.45) is 5.92 Å². The molecular formula is C28H28ClN3O3S. The number of benzene rings is 1. The second-order valence-corrected chi connectivity index (χ2v) is 11.2. The number of rotatable bonds is 5. The van der Waals surface area contributed by atoms with Gasteiger partial charge < -0.3 is 14.5 Å². The maximum absolute atomic E-state index is 13.8. The molecule has 0 radical (unpaired) electrons. The van der Waals surface area contributed by atoms with Gasteiger partial charge in [0.1, 0.15) is 11.5 Å². The Morgan fingerprint density at radius 3 is 2.81 bits per heavy atom. The van der Waals surface area contributed by atoms with E-state index in [4.69, 9.17) is 21.3 Å².